The molecular formula is C16H20F2O5. The Hall–Kier alpha value is -2.18. The number of aliphatic carboxylic acids is 2. The Morgan fingerprint density at radius 2 is 1.70 bits per heavy atom. The van der Waals surface area contributed by atoms with Crippen LogP contribution in [0.5, 0.6) is 5.75 Å². The zero-order chi connectivity index (χ0) is 17.8. The summed E-state index contributed by atoms with van der Waals surface area (Å²) >= 11 is 0. The van der Waals surface area contributed by atoms with Gasteiger partial charge in [-0.15, -0.1) is 0 Å². The molecule has 0 heterocycles. The van der Waals surface area contributed by atoms with Crippen LogP contribution in [0, 0.1) is 11.6 Å². The predicted molar refractivity (Wildman–Crippen MR) is 78.8 cm³/mol. The number of ether oxygens (including phenoxy) is 1. The molecule has 0 atom stereocenters. The van der Waals surface area contributed by atoms with E-state index in [9.17, 15) is 28.6 Å². The summed E-state index contributed by atoms with van der Waals surface area (Å²) in [6.07, 6.45) is 0.393. The van der Waals surface area contributed by atoms with Crippen molar-refractivity contribution in [1.82, 2.24) is 0 Å². The highest BCUT2D eigenvalue weighted by Crippen LogP contribution is 2.37. The van der Waals surface area contributed by atoms with Crippen LogP contribution in [0.25, 0.3) is 0 Å². The van der Waals surface area contributed by atoms with Crippen molar-refractivity contribution in [2.75, 3.05) is 6.61 Å². The van der Waals surface area contributed by atoms with Crippen molar-refractivity contribution in [2.45, 2.75) is 45.4 Å². The lowest BCUT2D eigenvalue weighted by atomic mass is 9.77. The van der Waals surface area contributed by atoms with Crippen molar-refractivity contribution in [1.29, 1.82) is 0 Å². The lowest BCUT2D eigenvalue weighted by Gasteiger charge is -2.26. The van der Waals surface area contributed by atoms with Gasteiger partial charge in [0, 0.05) is 5.56 Å². The number of rotatable bonds is 8. The maximum Gasteiger partial charge on any atom is 0.325 e. The van der Waals surface area contributed by atoms with Crippen LogP contribution in [0.1, 0.15) is 44.7 Å². The number of hydrogen-bond donors (Lipinski definition) is 2. The molecule has 0 bridgehead atoms. The quantitative estimate of drug-likeness (QED) is 0.716. The van der Waals surface area contributed by atoms with Gasteiger partial charge in [-0.1, -0.05) is 20.8 Å². The number of halogens is 2. The maximum absolute atomic E-state index is 14.4. The molecule has 7 heteroatoms. The van der Waals surface area contributed by atoms with Crippen LogP contribution in [0.3, 0.4) is 0 Å². The molecule has 1 aromatic rings. The van der Waals surface area contributed by atoms with E-state index in [0.29, 0.717) is 6.42 Å². The minimum absolute atomic E-state index is 0.166. The average molecular weight is 330 g/mol. The van der Waals surface area contributed by atoms with Crippen LogP contribution >= 0.6 is 0 Å². The Morgan fingerprint density at radius 1 is 1.13 bits per heavy atom. The summed E-state index contributed by atoms with van der Waals surface area (Å²) in [5, 5.41) is 18.7. The van der Waals surface area contributed by atoms with Gasteiger partial charge in [-0.25, -0.2) is 4.39 Å². The summed E-state index contributed by atoms with van der Waals surface area (Å²) in [5.41, 5.74) is -3.01. The van der Waals surface area contributed by atoms with E-state index < -0.39 is 41.0 Å². The molecule has 0 saturated carbocycles. The summed E-state index contributed by atoms with van der Waals surface area (Å²) in [5.74, 6) is -6.63. The van der Waals surface area contributed by atoms with Crippen molar-refractivity contribution < 1.29 is 33.3 Å². The molecule has 0 aliphatic heterocycles. The van der Waals surface area contributed by atoms with E-state index in [1.165, 1.54) is 6.92 Å². The van der Waals surface area contributed by atoms with Crippen LogP contribution in [-0.4, -0.2) is 28.8 Å². The fraction of sp³-hybridized carbons (Fsp3) is 0.500. The molecule has 1 aromatic carbocycles. The van der Waals surface area contributed by atoms with Gasteiger partial charge in [-0.3, -0.25) is 9.59 Å². The molecule has 0 unspecified atom stereocenters. The number of carbonyl (C=O) groups is 2. The summed E-state index contributed by atoms with van der Waals surface area (Å²) in [7, 11) is 0. The molecule has 0 spiro atoms. The highest BCUT2D eigenvalue weighted by atomic mass is 19.2. The molecule has 0 aliphatic rings. The largest absolute Gasteiger partial charge is 0.490 e. The molecule has 0 radical (unpaired) electrons. The zero-order valence-corrected chi connectivity index (χ0v) is 13.3. The monoisotopic (exact) mass is 330 g/mol. The topological polar surface area (TPSA) is 83.8 Å². The van der Waals surface area contributed by atoms with Gasteiger partial charge in [-0.2, -0.15) is 4.39 Å². The molecular weight excluding hydrogens is 310 g/mol. The van der Waals surface area contributed by atoms with E-state index in [0.717, 1.165) is 6.07 Å². The Labute approximate surface area is 132 Å². The number of carboxylic acids is 2. The van der Waals surface area contributed by atoms with Crippen molar-refractivity contribution in [3.8, 4) is 5.75 Å². The normalized spacial score (nSPS) is 11.3. The van der Waals surface area contributed by atoms with Crippen LogP contribution in [0.2, 0.25) is 0 Å². The van der Waals surface area contributed by atoms with Crippen LogP contribution in [0.4, 0.5) is 8.78 Å². The second kappa shape index (κ2) is 7.39. The van der Waals surface area contributed by atoms with Crippen molar-refractivity contribution in [2.24, 2.45) is 0 Å². The predicted octanol–water partition coefficient (Wildman–Crippen LogP) is 3.13. The summed E-state index contributed by atoms with van der Waals surface area (Å²) in [4.78, 5) is 23.0. The molecule has 0 saturated heterocycles. The van der Waals surface area contributed by atoms with Crippen molar-refractivity contribution >= 4 is 11.9 Å². The number of aryl methyl sites for hydroxylation is 1. The third-order valence-electron chi connectivity index (χ3n) is 3.79. The number of carboxylic acid groups (broad SMARTS) is 2. The second-order valence-corrected chi connectivity index (χ2v) is 5.11. The first kappa shape index (κ1) is 18.9. The summed E-state index contributed by atoms with van der Waals surface area (Å²) in [6, 6.07) is 1.08. The highest BCUT2D eigenvalue weighted by molar-refractivity contribution is 6.04. The fourth-order valence-corrected chi connectivity index (χ4v) is 2.41. The molecule has 0 amide bonds. The van der Waals surface area contributed by atoms with Crippen molar-refractivity contribution in [3.63, 3.8) is 0 Å². The maximum atomic E-state index is 14.4. The van der Waals surface area contributed by atoms with Gasteiger partial charge in [0.1, 0.15) is 0 Å². The van der Waals surface area contributed by atoms with Crippen LogP contribution in [-0.2, 0) is 21.4 Å². The van der Waals surface area contributed by atoms with Gasteiger partial charge in [0.25, 0.3) is 0 Å². The highest BCUT2D eigenvalue weighted by Gasteiger charge is 2.49. The Kier molecular flexibility index (Phi) is 6.06. The van der Waals surface area contributed by atoms with E-state index in [1.54, 1.807) is 13.8 Å². The third kappa shape index (κ3) is 3.13. The van der Waals surface area contributed by atoms with Gasteiger partial charge >= 0.3 is 11.9 Å². The molecule has 0 fully saturated rings. The summed E-state index contributed by atoms with van der Waals surface area (Å²) in [6.45, 7) is 4.92. The SMILES string of the molecule is CCCOc1c(CC)cc(C(CC)(C(=O)O)C(=O)O)c(F)c1F. The van der Waals surface area contributed by atoms with E-state index in [4.69, 9.17) is 4.74 Å². The standard InChI is InChI=1S/C16H20F2O5/c1-4-7-23-13-9(5-2)8-10(11(17)12(13)18)16(6-3,14(19)20)15(21)22/h8H,4-7H2,1-3H3,(H,19,20)(H,21,22). The van der Waals surface area contributed by atoms with Gasteiger partial charge in [0.05, 0.1) is 6.61 Å². The van der Waals surface area contributed by atoms with Crippen LogP contribution < -0.4 is 4.74 Å². The van der Waals surface area contributed by atoms with Gasteiger partial charge in [0.2, 0.25) is 5.82 Å². The molecule has 23 heavy (non-hydrogen) atoms. The minimum atomic E-state index is -2.54. The van der Waals surface area contributed by atoms with E-state index >= 15 is 0 Å². The Bertz CT molecular complexity index is 599. The van der Waals surface area contributed by atoms with E-state index in [2.05, 4.69) is 0 Å². The van der Waals surface area contributed by atoms with Gasteiger partial charge < -0.3 is 14.9 Å². The zero-order valence-electron chi connectivity index (χ0n) is 13.3. The first-order chi connectivity index (χ1) is 10.8. The lowest BCUT2D eigenvalue weighted by Crippen LogP contribution is -2.44. The Morgan fingerprint density at radius 3 is 2.09 bits per heavy atom. The second-order valence-electron chi connectivity index (χ2n) is 5.11. The lowest BCUT2D eigenvalue weighted by molar-refractivity contribution is -0.158. The van der Waals surface area contributed by atoms with Gasteiger partial charge in [-0.05, 0) is 30.9 Å². The molecule has 128 valence electrons. The molecule has 5 nitrogen and oxygen atoms in total. The summed E-state index contributed by atoms with van der Waals surface area (Å²) < 4.78 is 34.0. The molecule has 1 rings (SSSR count). The van der Waals surface area contributed by atoms with Crippen molar-refractivity contribution in [3.05, 3.63) is 28.8 Å². The first-order valence-electron chi connectivity index (χ1n) is 7.38. The molecule has 2 N–H and O–H groups in total. The molecule has 0 aromatic heterocycles. The minimum Gasteiger partial charge on any atom is -0.490 e. The average Bonchev–Trinajstić information content (AvgIpc) is 2.50. The Balaban J connectivity index is 3.69. The fourth-order valence-electron chi connectivity index (χ4n) is 2.41. The number of hydrogen-bond acceptors (Lipinski definition) is 3. The van der Waals surface area contributed by atoms with Gasteiger partial charge in [0.15, 0.2) is 17.0 Å². The van der Waals surface area contributed by atoms with E-state index in [-0.39, 0.29) is 24.3 Å². The third-order valence-corrected chi connectivity index (χ3v) is 3.79. The van der Waals surface area contributed by atoms with Crippen LogP contribution in [0.15, 0.2) is 6.07 Å². The van der Waals surface area contributed by atoms with E-state index in [1.807, 2.05) is 0 Å². The smallest absolute Gasteiger partial charge is 0.325 e. The number of benzene rings is 1. The first-order valence-corrected chi connectivity index (χ1v) is 7.38. The molecule has 0 aliphatic carbocycles.